The summed E-state index contributed by atoms with van der Waals surface area (Å²) >= 11 is 0. The molecule has 9 nitrogen and oxygen atoms in total. The van der Waals surface area contributed by atoms with E-state index >= 15 is 0 Å². The number of amides is 4. The lowest BCUT2D eigenvalue weighted by Gasteiger charge is -2.23. The largest absolute Gasteiger partial charge is 0.481 e. The van der Waals surface area contributed by atoms with Gasteiger partial charge >= 0.3 is 12.0 Å². The molecular formula is C11H15N3O6. The van der Waals surface area contributed by atoms with Gasteiger partial charge < -0.3 is 20.5 Å². The summed E-state index contributed by atoms with van der Waals surface area (Å²) in [6.45, 7) is 0.151. The van der Waals surface area contributed by atoms with Crippen molar-refractivity contribution in [2.24, 2.45) is 5.92 Å². The predicted molar refractivity (Wildman–Crippen MR) is 63.6 cm³/mol. The topological polar surface area (TPSA) is 134 Å². The number of carboxylic acids is 1. The van der Waals surface area contributed by atoms with Gasteiger partial charge in [-0.05, 0) is 6.42 Å². The molecule has 2 heterocycles. The molecule has 0 spiro atoms. The number of hydrogen-bond acceptors (Lipinski definition) is 5. The van der Waals surface area contributed by atoms with Crippen LogP contribution in [0.25, 0.3) is 0 Å². The molecule has 0 aromatic rings. The average molecular weight is 285 g/mol. The van der Waals surface area contributed by atoms with E-state index in [1.165, 1.54) is 0 Å². The lowest BCUT2D eigenvalue weighted by Crippen LogP contribution is -2.56. The Kier molecular flexibility index (Phi) is 4.18. The van der Waals surface area contributed by atoms with Crippen LogP contribution in [-0.2, 0) is 19.1 Å². The third kappa shape index (κ3) is 3.23. The Morgan fingerprint density at radius 1 is 1.25 bits per heavy atom. The Balaban J connectivity index is 1.85. The normalized spacial score (nSPS) is 29.7. The van der Waals surface area contributed by atoms with E-state index in [-0.39, 0.29) is 32.0 Å². The number of carbonyl (C=O) groups is 4. The molecule has 2 aliphatic heterocycles. The number of urea groups is 1. The Labute approximate surface area is 114 Å². The molecule has 0 saturated carbocycles. The summed E-state index contributed by atoms with van der Waals surface area (Å²) in [7, 11) is 0. The zero-order valence-electron chi connectivity index (χ0n) is 10.5. The second-order valence-corrected chi connectivity index (χ2v) is 4.71. The van der Waals surface area contributed by atoms with Gasteiger partial charge in [-0.2, -0.15) is 0 Å². The van der Waals surface area contributed by atoms with Crippen LogP contribution in [0, 0.1) is 5.92 Å². The predicted octanol–water partition coefficient (Wildman–Crippen LogP) is -1.81. The van der Waals surface area contributed by atoms with Crippen LogP contribution in [0.1, 0.15) is 12.8 Å². The van der Waals surface area contributed by atoms with Crippen LogP contribution in [0.3, 0.4) is 0 Å². The Morgan fingerprint density at radius 2 is 2.00 bits per heavy atom. The number of ether oxygens (including phenoxy) is 1. The Bertz CT molecular complexity index is 451. The van der Waals surface area contributed by atoms with Gasteiger partial charge in [-0.15, -0.1) is 0 Å². The highest BCUT2D eigenvalue weighted by Gasteiger charge is 2.36. The van der Waals surface area contributed by atoms with Gasteiger partial charge in [-0.3, -0.25) is 19.7 Å². The van der Waals surface area contributed by atoms with Crippen LogP contribution in [-0.4, -0.2) is 54.2 Å². The standard InChI is InChI=1S/C11H15N3O6/c15-8-2-1-6(9(16)14-8)12-11(19)13-7-4-20-3-5(7)10(17)18/h5-7H,1-4H2,(H,17,18)(H2,12,13,19)(H,14,15,16). The van der Waals surface area contributed by atoms with Crippen LogP contribution in [0.5, 0.6) is 0 Å². The van der Waals surface area contributed by atoms with E-state index in [4.69, 9.17) is 9.84 Å². The fourth-order valence-electron chi connectivity index (χ4n) is 2.14. The number of carbonyl (C=O) groups excluding carboxylic acids is 3. The average Bonchev–Trinajstić information content (AvgIpc) is 2.81. The molecule has 110 valence electrons. The first-order valence-corrected chi connectivity index (χ1v) is 6.18. The zero-order valence-corrected chi connectivity index (χ0v) is 10.5. The number of nitrogens with one attached hydrogen (secondary N) is 3. The molecule has 0 aliphatic carbocycles. The summed E-state index contributed by atoms with van der Waals surface area (Å²) in [6.07, 6.45) is 0.378. The molecule has 9 heteroatoms. The minimum atomic E-state index is -1.05. The first-order valence-electron chi connectivity index (χ1n) is 6.18. The molecule has 2 aliphatic rings. The van der Waals surface area contributed by atoms with Crippen molar-refractivity contribution in [2.45, 2.75) is 24.9 Å². The Hall–Kier alpha value is -2.16. The number of rotatable bonds is 3. The van der Waals surface area contributed by atoms with Gasteiger partial charge in [0.05, 0.1) is 19.3 Å². The van der Waals surface area contributed by atoms with Crippen molar-refractivity contribution in [3.63, 3.8) is 0 Å². The van der Waals surface area contributed by atoms with Crippen LogP contribution in [0.15, 0.2) is 0 Å². The van der Waals surface area contributed by atoms with Crippen LogP contribution < -0.4 is 16.0 Å². The number of piperidine rings is 1. The zero-order chi connectivity index (χ0) is 14.7. The van der Waals surface area contributed by atoms with Crippen molar-refractivity contribution in [3.8, 4) is 0 Å². The highest BCUT2D eigenvalue weighted by Crippen LogP contribution is 2.13. The Morgan fingerprint density at radius 3 is 2.65 bits per heavy atom. The summed E-state index contributed by atoms with van der Waals surface area (Å²) in [5, 5.41) is 15.9. The summed E-state index contributed by atoms with van der Waals surface area (Å²) < 4.78 is 5.01. The molecule has 0 radical (unpaired) electrons. The molecular weight excluding hydrogens is 270 g/mol. The molecule has 0 aromatic carbocycles. The van der Waals surface area contributed by atoms with Crippen molar-refractivity contribution in [3.05, 3.63) is 0 Å². The van der Waals surface area contributed by atoms with Crippen LogP contribution >= 0.6 is 0 Å². The third-order valence-electron chi connectivity index (χ3n) is 3.26. The molecule has 20 heavy (non-hydrogen) atoms. The van der Waals surface area contributed by atoms with Gasteiger partial charge in [-0.25, -0.2) is 4.79 Å². The smallest absolute Gasteiger partial charge is 0.315 e. The molecule has 0 bridgehead atoms. The lowest BCUT2D eigenvalue weighted by molar-refractivity contribution is -0.142. The van der Waals surface area contributed by atoms with Gasteiger partial charge in [0.2, 0.25) is 11.8 Å². The minimum Gasteiger partial charge on any atom is -0.481 e. The number of aliphatic carboxylic acids is 1. The van der Waals surface area contributed by atoms with Gasteiger partial charge in [0.1, 0.15) is 12.0 Å². The van der Waals surface area contributed by atoms with Crippen molar-refractivity contribution in [1.82, 2.24) is 16.0 Å². The maximum absolute atomic E-state index is 11.7. The van der Waals surface area contributed by atoms with Crippen molar-refractivity contribution < 1.29 is 29.0 Å². The number of hydrogen-bond donors (Lipinski definition) is 4. The highest BCUT2D eigenvalue weighted by molar-refractivity contribution is 6.01. The van der Waals surface area contributed by atoms with E-state index < -0.39 is 35.9 Å². The van der Waals surface area contributed by atoms with Crippen LogP contribution in [0.4, 0.5) is 4.79 Å². The SMILES string of the molecule is O=C1CCC(NC(=O)NC2COCC2C(=O)O)C(=O)N1. The third-order valence-corrected chi connectivity index (χ3v) is 3.26. The molecule has 3 atom stereocenters. The summed E-state index contributed by atoms with van der Waals surface area (Å²) in [6, 6.07) is -2.08. The molecule has 4 N–H and O–H groups in total. The van der Waals surface area contributed by atoms with Gasteiger partial charge in [-0.1, -0.05) is 0 Å². The molecule has 0 aromatic heterocycles. The quantitative estimate of drug-likeness (QED) is 0.452. The van der Waals surface area contributed by atoms with Crippen molar-refractivity contribution >= 4 is 23.8 Å². The second kappa shape index (κ2) is 5.87. The number of carboxylic acid groups (broad SMARTS) is 1. The van der Waals surface area contributed by atoms with E-state index in [0.29, 0.717) is 0 Å². The maximum Gasteiger partial charge on any atom is 0.315 e. The lowest BCUT2D eigenvalue weighted by atomic mass is 10.0. The van der Waals surface area contributed by atoms with E-state index in [0.717, 1.165) is 0 Å². The van der Waals surface area contributed by atoms with Crippen molar-refractivity contribution in [1.29, 1.82) is 0 Å². The van der Waals surface area contributed by atoms with E-state index in [1.54, 1.807) is 0 Å². The van der Waals surface area contributed by atoms with E-state index in [1.807, 2.05) is 0 Å². The summed E-state index contributed by atoms with van der Waals surface area (Å²) in [5.41, 5.74) is 0. The van der Waals surface area contributed by atoms with Crippen LogP contribution in [0.2, 0.25) is 0 Å². The first-order chi connectivity index (χ1) is 9.47. The number of imide groups is 1. The minimum absolute atomic E-state index is 0.0404. The second-order valence-electron chi connectivity index (χ2n) is 4.71. The molecule has 2 saturated heterocycles. The highest BCUT2D eigenvalue weighted by atomic mass is 16.5. The molecule has 3 unspecified atom stereocenters. The van der Waals surface area contributed by atoms with Crippen molar-refractivity contribution in [2.75, 3.05) is 13.2 Å². The fraction of sp³-hybridized carbons (Fsp3) is 0.636. The van der Waals surface area contributed by atoms with Gasteiger partial charge in [0, 0.05) is 6.42 Å². The summed E-state index contributed by atoms with van der Waals surface area (Å²) in [5.74, 6) is -2.78. The molecule has 2 fully saturated rings. The first kappa shape index (κ1) is 14.3. The van der Waals surface area contributed by atoms with E-state index in [2.05, 4.69) is 16.0 Å². The monoisotopic (exact) mass is 285 g/mol. The fourth-order valence-corrected chi connectivity index (χ4v) is 2.14. The maximum atomic E-state index is 11.7. The van der Waals surface area contributed by atoms with Gasteiger partial charge in [0.15, 0.2) is 0 Å². The molecule has 2 rings (SSSR count). The molecule has 4 amide bonds. The van der Waals surface area contributed by atoms with Gasteiger partial charge in [0.25, 0.3) is 0 Å². The summed E-state index contributed by atoms with van der Waals surface area (Å²) in [4.78, 5) is 45.1. The van der Waals surface area contributed by atoms with E-state index in [9.17, 15) is 19.2 Å².